The fraction of sp³-hybridized carbons (Fsp3) is 0.188. The first-order valence-corrected chi connectivity index (χ1v) is 7.94. The monoisotopic (exact) mass is 296 g/mol. The summed E-state index contributed by atoms with van der Waals surface area (Å²) < 4.78 is 1.79. The summed E-state index contributed by atoms with van der Waals surface area (Å²) in [5, 5.41) is 12.0. The van der Waals surface area contributed by atoms with Crippen molar-refractivity contribution in [1.29, 1.82) is 0 Å². The van der Waals surface area contributed by atoms with Crippen LogP contribution in [0.15, 0.2) is 54.6 Å². The van der Waals surface area contributed by atoms with Crippen LogP contribution in [0.3, 0.4) is 0 Å². The molecule has 0 N–H and O–H groups in total. The fourth-order valence-electron chi connectivity index (χ4n) is 2.01. The Morgan fingerprint density at radius 2 is 1.71 bits per heavy atom. The highest BCUT2D eigenvalue weighted by molar-refractivity contribution is 7.97. The van der Waals surface area contributed by atoms with E-state index in [9.17, 15) is 0 Å². The Balaban J connectivity index is 1.64. The number of para-hydroxylation sites is 1. The average Bonchev–Trinajstić information content (AvgIpc) is 2.99. The van der Waals surface area contributed by atoms with Crippen LogP contribution in [-0.4, -0.2) is 20.2 Å². The molecule has 2 aromatic carbocycles. The van der Waals surface area contributed by atoms with Crippen molar-refractivity contribution in [3.8, 4) is 5.69 Å². The van der Waals surface area contributed by atoms with Gasteiger partial charge in [-0.15, -0.1) is 16.9 Å². The topological polar surface area (TPSA) is 43.6 Å². The SMILES string of the molecule is Cc1ccc(CSCc2nnnn2-c2ccccc2)cc1. The Bertz CT molecular complexity index is 692. The van der Waals surface area contributed by atoms with Crippen molar-refractivity contribution in [3.05, 3.63) is 71.5 Å². The van der Waals surface area contributed by atoms with Crippen molar-refractivity contribution in [1.82, 2.24) is 20.2 Å². The molecule has 106 valence electrons. The molecule has 0 aliphatic heterocycles. The minimum atomic E-state index is 0.787. The molecule has 0 aliphatic rings. The summed E-state index contributed by atoms with van der Waals surface area (Å²) in [6.45, 7) is 2.10. The van der Waals surface area contributed by atoms with E-state index in [-0.39, 0.29) is 0 Å². The maximum absolute atomic E-state index is 4.12. The van der Waals surface area contributed by atoms with Gasteiger partial charge in [-0.25, -0.2) is 0 Å². The first-order valence-electron chi connectivity index (χ1n) is 6.79. The number of hydrogen-bond donors (Lipinski definition) is 0. The molecule has 1 heterocycles. The summed E-state index contributed by atoms with van der Waals surface area (Å²) in [7, 11) is 0. The van der Waals surface area contributed by atoms with Crippen LogP contribution in [0.25, 0.3) is 5.69 Å². The Morgan fingerprint density at radius 1 is 0.952 bits per heavy atom. The lowest BCUT2D eigenvalue weighted by molar-refractivity contribution is 0.777. The fourth-order valence-corrected chi connectivity index (χ4v) is 2.90. The number of nitrogens with zero attached hydrogens (tertiary/aromatic N) is 4. The summed E-state index contributed by atoms with van der Waals surface area (Å²) >= 11 is 1.82. The molecule has 0 spiro atoms. The molecule has 0 atom stereocenters. The van der Waals surface area contributed by atoms with Gasteiger partial charge in [0.15, 0.2) is 5.82 Å². The number of thioether (sulfide) groups is 1. The number of tetrazole rings is 1. The summed E-state index contributed by atoms with van der Waals surface area (Å²) in [4.78, 5) is 0. The third-order valence-corrected chi connectivity index (χ3v) is 4.16. The van der Waals surface area contributed by atoms with E-state index < -0.39 is 0 Å². The van der Waals surface area contributed by atoms with Gasteiger partial charge in [-0.3, -0.25) is 0 Å². The highest BCUT2D eigenvalue weighted by atomic mass is 32.2. The highest BCUT2D eigenvalue weighted by Crippen LogP contribution is 2.18. The Hall–Kier alpha value is -2.14. The first kappa shape index (κ1) is 13.8. The van der Waals surface area contributed by atoms with Crippen LogP contribution in [0, 0.1) is 6.92 Å². The van der Waals surface area contributed by atoms with Crippen molar-refractivity contribution >= 4 is 11.8 Å². The van der Waals surface area contributed by atoms with Gasteiger partial charge in [-0.05, 0) is 35.0 Å². The first-order chi connectivity index (χ1) is 10.3. The second-order valence-corrected chi connectivity index (χ2v) is 5.81. The summed E-state index contributed by atoms with van der Waals surface area (Å²) in [6, 6.07) is 18.6. The lowest BCUT2D eigenvalue weighted by atomic mass is 10.2. The van der Waals surface area contributed by atoms with E-state index >= 15 is 0 Å². The van der Waals surface area contributed by atoms with Crippen LogP contribution in [0.1, 0.15) is 17.0 Å². The van der Waals surface area contributed by atoms with E-state index in [2.05, 4.69) is 46.7 Å². The number of rotatable bonds is 5. The predicted octanol–water partition coefficient (Wildman–Crippen LogP) is 3.40. The van der Waals surface area contributed by atoms with Crippen LogP contribution in [0.5, 0.6) is 0 Å². The van der Waals surface area contributed by atoms with Crippen molar-refractivity contribution in [2.24, 2.45) is 0 Å². The van der Waals surface area contributed by atoms with Crippen LogP contribution >= 0.6 is 11.8 Å². The molecule has 0 radical (unpaired) electrons. The van der Waals surface area contributed by atoms with Gasteiger partial charge in [0.2, 0.25) is 0 Å². The Morgan fingerprint density at radius 3 is 2.48 bits per heavy atom. The van der Waals surface area contributed by atoms with Gasteiger partial charge >= 0.3 is 0 Å². The molecule has 0 saturated carbocycles. The van der Waals surface area contributed by atoms with Crippen LogP contribution in [-0.2, 0) is 11.5 Å². The van der Waals surface area contributed by atoms with E-state index in [1.165, 1.54) is 11.1 Å². The third-order valence-electron chi connectivity index (χ3n) is 3.16. The van der Waals surface area contributed by atoms with Crippen molar-refractivity contribution < 1.29 is 0 Å². The third kappa shape index (κ3) is 3.49. The Labute approximate surface area is 128 Å². The average molecular weight is 296 g/mol. The van der Waals surface area contributed by atoms with Gasteiger partial charge in [0.1, 0.15) is 0 Å². The summed E-state index contributed by atoms with van der Waals surface area (Å²) in [6.07, 6.45) is 0. The van der Waals surface area contributed by atoms with Crippen LogP contribution < -0.4 is 0 Å². The minimum Gasteiger partial charge on any atom is -0.196 e. The molecule has 0 bridgehead atoms. The molecule has 5 heteroatoms. The number of hydrogen-bond acceptors (Lipinski definition) is 4. The molecule has 3 aromatic rings. The van der Waals surface area contributed by atoms with Gasteiger partial charge < -0.3 is 0 Å². The second kappa shape index (κ2) is 6.54. The molecule has 0 saturated heterocycles. The zero-order chi connectivity index (χ0) is 14.5. The van der Waals surface area contributed by atoms with E-state index in [0.29, 0.717) is 0 Å². The van der Waals surface area contributed by atoms with E-state index in [4.69, 9.17) is 0 Å². The highest BCUT2D eigenvalue weighted by Gasteiger charge is 2.07. The largest absolute Gasteiger partial charge is 0.196 e. The van der Waals surface area contributed by atoms with E-state index in [0.717, 1.165) is 23.0 Å². The van der Waals surface area contributed by atoms with Crippen molar-refractivity contribution in [3.63, 3.8) is 0 Å². The molecular weight excluding hydrogens is 280 g/mol. The molecule has 1 aromatic heterocycles. The summed E-state index contributed by atoms with van der Waals surface area (Å²) in [5.74, 6) is 2.62. The minimum absolute atomic E-state index is 0.787. The van der Waals surface area contributed by atoms with Crippen LogP contribution in [0.4, 0.5) is 0 Å². The number of aromatic nitrogens is 4. The van der Waals surface area contributed by atoms with Gasteiger partial charge in [0.05, 0.1) is 11.4 Å². The lowest BCUT2D eigenvalue weighted by Crippen LogP contribution is -2.01. The quantitative estimate of drug-likeness (QED) is 0.724. The normalized spacial score (nSPS) is 10.7. The van der Waals surface area contributed by atoms with Crippen molar-refractivity contribution in [2.45, 2.75) is 18.4 Å². The van der Waals surface area contributed by atoms with Gasteiger partial charge in [0, 0.05) is 5.75 Å². The number of aryl methyl sites for hydroxylation is 1. The molecule has 0 aliphatic carbocycles. The lowest BCUT2D eigenvalue weighted by Gasteiger charge is -2.04. The molecule has 3 rings (SSSR count). The molecular formula is C16H16N4S. The van der Waals surface area contributed by atoms with Gasteiger partial charge in [-0.1, -0.05) is 48.0 Å². The summed E-state index contributed by atoms with van der Waals surface area (Å²) in [5.41, 5.74) is 3.61. The van der Waals surface area contributed by atoms with Gasteiger partial charge in [0.25, 0.3) is 0 Å². The van der Waals surface area contributed by atoms with Crippen molar-refractivity contribution in [2.75, 3.05) is 0 Å². The smallest absolute Gasteiger partial charge is 0.166 e. The van der Waals surface area contributed by atoms with Gasteiger partial charge in [-0.2, -0.15) is 4.68 Å². The predicted molar refractivity (Wildman–Crippen MR) is 85.3 cm³/mol. The second-order valence-electron chi connectivity index (χ2n) is 4.82. The zero-order valence-electron chi connectivity index (χ0n) is 11.8. The molecule has 0 fully saturated rings. The molecule has 0 amide bonds. The van der Waals surface area contributed by atoms with E-state index in [1.54, 1.807) is 4.68 Å². The molecule has 4 nitrogen and oxygen atoms in total. The molecule has 21 heavy (non-hydrogen) atoms. The maximum atomic E-state index is 4.12. The van der Waals surface area contributed by atoms with E-state index in [1.807, 2.05) is 42.1 Å². The van der Waals surface area contributed by atoms with Crippen LogP contribution in [0.2, 0.25) is 0 Å². The zero-order valence-corrected chi connectivity index (χ0v) is 12.6. The Kier molecular flexibility index (Phi) is 4.31. The maximum Gasteiger partial charge on any atom is 0.166 e. The molecule has 0 unspecified atom stereocenters. The number of benzene rings is 2. The standard InChI is InChI=1S/C16H16N4S/c1-13-7-9-14(10-8-13)11-21-12-16-17-18-19-20(16)15-5-3-2-4-6-15/h2-10H,11-12H2,1H3.